The van der Waals surface area contributed by atoms with Crippen LogP contribution in [0.4, 0.5) is 13.2 Å². The van der Waals surface area contributed by atoms with E-state index in [-0.39, 0.29) is 21.4 Å². The monoisotopic (exact) mass is 371 g/mol. The van der Waals surface area contributed by atoms with Crippen LogP contribution < -0.4 is 10.6 Å². The zero-order chi connectivity index (χ0) is 17.4. The molecule has 1 aromatic rings. The van der Waals surface area contributed by atoms with Crippen LogP contribution in [0.2, 0.25) is 10.0 Å². The molecule has 1 heterocycles. The van der Waals surface area contributed by atoms with E-state index in [4.69, 9.17) is 33.8 Å². The molecule has 0 aliphatic carbocycles. The fourth-order valence-corrected chi connectivity index (χ4v) is 2.45. The fourth-order valence-electron chi connectivity index (χ4n) is 1.89. The molecule has 2 atom stereocenters. The zero-order valence-corrected chi connectivity index (χ0v) is 13.0. The number of nitrogens with two attached hydrogens (primary N) is 1. The van der Waals surface area contributed by atoms with Crippen molar-refractivity contribution >= 4 is 35.2 Å². The van der Waals surface area contributed by atoms with E-state index in [0.29, 0.717) is 0 Å². The molecule has 2 N–H and O–H groups in total. The predicted molar refractivity (Wildman–Crippen MR) is 75.7 cm³/mol. The topological polar surface area (TPSA) is 70.8 Å². The smallest absolute Gasteiger partial charge is 0.430 e. The predicted octanol–water partition coefficient (Wildman–Crippen LogP) is 3.48. The van der Waals surface area contributed by atoms with Gasteiger partial charge in [-0.25, -0.2) is 10.7 Å². The van der Waals surface area contributed by atoms with Crippen LogP contribution in [0.25, 0.3) is 6.08 Å². The van der Waals surface area contributed by atoms with Gasteiger partial charge in [-0.15, -0.1) is 0 Å². The van der Waals surface area contributed by atoms with Gasteiger partial charge in [-0.3, -0.25) is 4.84 Å². The first-order chi connectivity index (χ1) is 10.6. The van der Waals surface area contributed by atoms with Crippen molar-refractivity contribution in [1.82, 2.24) is 0 Å². The second-order valence-electron chi connectivity index (χ2n) is 4.55. The molecule has 0 fully saturated rings. The van der Waals surface area contributed by atoms with E-state index in [0.717, 1.165) is 6.08 Å². The number of hydrogen-bond donors (Lipinski definition) is 1. The molecule has 0 saturated carbocycles. The van der Waals surface area contributed by atoms with Crippen LogP contribution in [0.5, 0.6) is 5.75 Å². The van der Waals surface area contributed by atoms with Crippen LogP contribution >= 0.6 is 23.2 Å². The minimum absolute atomic E-state index is 0.107. The number of ether oxygens (including phenoxy) is 2. The molecule has 0 bridgehead atoms. The number of halogens is 5. The summed E-state index contributed by atoms with van der Waals surface area (Å²) >= 11 is 11.6. The molecule has 1 aliphatic rings. The maximum atomic E-state index is 13.2. The highest BCUT2D eigenvalue weighted by Gasteiger charge is 2.49. The number of esters is 1. The first-order valence-electron chi connectivity index (χ1n) is 6.14. The third-order valence-corrected chi connectivity index (χ3v) is 3.36. The highest BCUT2D eigenvalue weighted by atomic mass is 35.5. The van der Waals surface area contributed by atoms with Crippen LogP contribution in [-0.4, -0.2) is 24.5 Å². The lowest BCUT2D eigenvalue weighted by Gasteiger charge is -2.28. The Labute approximate surface area is 138 Å². The quantitative estimate of drug-likeness (QED) is 0.500. The van der Waals surface area contributed by atoms with Gasteiger partial charge in [0.05, 0.1) is 10.6 Å². The van der Waals surface area contributed by atoms with Crippen LogP contribution in [-0.2, 0) is 14.4 Å². The summed E-state index contributed by atoms with van der Waals surface area (Å²) in [6.07, 6.45) is -7.67. The zero-order valence-electron chi connectivity index (χ0n) is 11.5. The van der Waals surface area contributed by atoms with Gasteiger partial charge >= 0.3 is 12.1 Å². The molecule has 23 heavy (non-hydrogen) atoms. The molecule has 0 spiro atoms. The van der Waals surface area contributed by atoms with Crippen molar-refractivity contribution < 1.29 is 32.3 Å². The lowest BCUT2D eigenvalue weighted by molar-refractivity contribution is -0.194. The summed E-state index contributed by atoms with van der Waals surface area (Å²) in [5, 5.41) is 0.0644. The van der Waals surface area contributed by atoms with Gasteiger partial charge in [-0.05, 0) is 25.1 Å². The first-order valence-corrected chi connectivity index (χ1v) is 6.89. The van der Waals surface area contributed by atoms with Crippen molar-refractivity contribution in [3.8, 4) is 5.75 Å². The van der Waals surface area contributed by atoms with E-state index in [1.54, 1.807) is 0 Å². The molecular weight excluding hydrogens is 362 g/mol. The Morgan fingerprint density at radius 3 is 2.61 bits per heavy atom. The van der Waals surface area contributed by atoms with E-state index >= 15 is 0 Å². The number of benzene rings is 1. The first kappa shape index (κ1) is 17.9. The van der Waals surface area contributed by atoms with Gasteiger partial charge < -0.3 is 9.47 Å². The highest BCUT2D eigenvalue weighted by molar-refractivity contribution is 6.36. The van der Waals surface area contributed by atoms with Gasteiger partial charge in [0.2, 0.25) is 12.4 Å². The van der Waals surface area contributed by atoms with E-state index < -0.39 is 30.1 Å². The third kappa shape index (κ3) is 3.89. The number of alkyl halides is 3. The molecule has 126 valence electrons. The number of carbonyl (C=O) groups is 1. The Hall–Kier alpha value is -1.48. The van der Waals surface area contributed by atoms with Gasteiger partial charge in [-0.2, -0.15) is 13.2 Å². The third-order valence-electron chi connectivity index (χ3n) is 2.86. The van der Waals surface area contributed by atoms with E-state index in [1.807, 2.05) is 0 Å². The summed E-state index contributed by atoms with van der Waals surface area (Å²) in [6.45, 7) is 1.24. The fraction of sp³-hybridized carbons (Fsp3) is 0.308. The number of carbonyl (C=O) groups excluding carboxylic acids is 1. The van der Waals surface area contributed by atoms with Crippen molar-refractivity contribution in [3.63, 3.8) is 0 Å². The summed E-state index contributed by atoms with van der Waals surface area (Å²) in [7, 11) is 0. The van der Waals surface area contributed by atoms with Crippen molar-refractivity contribution in [3.05, 3.63) is 33.3 Å². The lowest BCUT2D eigenvalue weighted by Crippen LogP contribution is -2.41. The Morgan fingerprint density at radius 2 is 2.04 bits per heavy atom. The largest absolute Gasteiger partial charge is 0.474 e. The molecule has 1 aromatic carbocycles. The Bertz CT molecular complexity index is 663. The van der Waals surface area contributed by atoms with Crippen LogP contribution in [0.1, 0.15) is 12.5 Å². The molecule has 2 rings (SSSR count). The summed E-state index contributed by atoms with van der Waals surface area (Å²) in [4.78, 5) is 16.1. The highest BCUT2D eigenvalue weighted by Crippen LogP contribution is 2.42. The van der Waals surface area contributed by atoms with Gasteiger partial charge in [-0.1, -0.05) is 23.2 Å². The summed E-state index contributed by atoms with van der Waals surface area (Å²) in [5.41, 5.74) is -0.650. The Balaban J connectivity index is 2.49. The van der Waals surface area contributed by atoms with Crippen molar-refractivity contribution in [1.29, 1.82) is 0 Å². The standard InChI is InChI=1S/C13H10Cl2F3NO4/c1-5(23-19)21-12(20)8-3-6-2-7(14)4-9(15)10(6)22-11(8)13(16,17)18/h2-5,11H,19H2,1H3. The Morgan fingerprint density at radius 1 is 1.39 bits per heavy atom. The molecule has 0 radical (unpaired) electrons. The van der Waals surface area contributed by atoms with E-state index in [9.17, 15) is 18.0 Å². The maximum absolute atomic E-state index is 13.2. The molecular formula is C13H10Cl2F3NO4. The number of fused-ring (bicyclic) bond motifs is 1. The summed E-state index contributed by atoms with van der Waals surface area (Å²) in [6, 6.07) is 2.54. The average Bonchev–Trinajstić information content (AvgIpc) is 2.44. The van der Waals surface area contributed by atoms with Crippen LogP contribution in [0.15, 0.2) is 17.7 Å². The van der Waals surface area contributed by atoms with Gasteiger partial charge in [0, 0.05) is 10.6 Å². The molecule has 1 aliphatic heterocycles. The van der Waals surface area contributed by atoms with E-state index in [2.05, 4.69) is 9.57 Å². The lowest BCUT2D eigenvalue weighted by atomic mass is 10.0. The number of hydrogen-bond acceptors (Lipinski definition) is 5. The van der Waals surface area contributed by atoms with Crippen molar-refractivity contribution in [2.24, 2.45) is 5.90 Å². The minimum Gasteiger partial charge on any atom is -0.474 e. The van der Waals surface area contributed by atoms with E-state index in [1.165, 1.54) is 19.1 Å². The molecule has 5 nitrogen and oxygen atoms in total. The molecule has 2 unspecified atom stereocenters. The second-order valence-corrected chi connectivity index (χ2v) is 5.40. The SMILES string of the molecule is CC(ON)OC(=O)C1=Cc2cc(Cl)cc(Cl)c2OC1C(F)(F)F. The van der Waals surface area contributed by atoms with Crippen LogP contribution in [0, 0.1) is 0 Å². The molecule has 0 amide bonds. The van der Waals surface area contributed by atoms with Crippen LogP contribution in [0.3, 0.4) is 0 Å². The van der Waals surface area contributed by atoms with Crippen molar-refractivity contribution in [2.45, 2.75) is 25.5 Å². The summed E-state index contributed by atoms with van der Waals surface area (Å²) in [5.74, 6) is 3.29. The average molecular weight is 372 g/mol. The minimum atomic E-state index is -4.86. The van der Waals surface area contributed by atoms with Crippen molar-refractivity contribution in [2.75, 3.05) is 0 Å². The number of rotatable bonds is 3. The van der Waals surface area contributed by atoms with Gasteiger partial charge in [0.15, 0.2) is 0 Å². The second kappa shape index (κ2) is 6.56. The van der Waals surface area contributed by atoms with Gasteiger partial charge in [0.25, 0.3) is 0 Å². The molecule has 0 aromatic heterocycles. The molecule has 10 heteroatoms. The summed E-state index contributed by atoms with van der Waals surface area (Å²) < 4.78 is 49.0. The Kier molecular flexibility index (Phi) is 5.10. The van der Waals surface area contributed by atoms with Gasteiger partial charge in [0.1, 0.15) is 5.75 Å². The normalized spacial score (nSPS) is 18.6. The molecule has 0 saturated heterocycles. The maximum Gasteiger partial charge on any atom is 0.430 e.